The van der Waals surface area contributed by atoms with Crippen LogP contribution in [0.3, 0.4) is 0 Å². The fraction of sp³-hybridized carbons (Fsp3) is 0.182. The number of aromatic nitrogens is 1. The molecule has 26 heavy (non-hydrogen) atoms. The first kappa shape index (κ1) is 18.2. The van der Waals surface area contributed by atoms with Gasteiger partial charge in [-0.2, -0.15) is 0 Å². The van der Waals surface area contributed by atoms with Gasteiger partial charge in [-0.3, -0.25) is 4.98 Å². The van der Waals surface area contributed by atoms with Gasteiger partial charge in [-0.15, -0.1) is 0 Å². The maximum Gasteiger partial charge on any atom is 0.0878 e. The fourth-order valence-electron chi connectivity index (χ4n) is 3.26. The summed E-state index contributed by atoms with van der Waals surface area (Å²) in [5, 5.41) is 14.0. The quantitative estimate of drug-likeness (QED) is 0.356. The molecular formula is C22H21ClN2O. The Hall–Kier alpha value is -2.65. The molecular weight excluding hydrogens is 344 g/mol. The van der Waals surface area contributed by atoms with E-state index in [0.717, 1.165) is 21.8 Å². The number of nitrogens with zero attached hydrogens (tertiary/aromatic N) is 2. The zero-order valence-electron chi connectivity index (χ0n) is 14.9. The van der Waals surface area contributed by atoms with Crippen LogP contribution in [0.15, 0.2) is 72.0 Å². The van der Waals surface area contributed by atoms with Gasteiger partial charge >= 0.3 is 0 Å². The van der Waals surface area contributed by atoms with Crippen molar-refractivity contribution in [2.24, 2.45) is 5.16 Å². The Kier molecular flexibility index (Phi) is 5.69. The van der Waals surface area contributed by atoms with E-state index in [1.54, 1.807) is 6.20 Å². The summed E-state index contributed by atoms with van der Waals surface area (Å²) in [4.78, 5) is 4.22. The van der Waals surface area contributed by atoms with E-state index in [0.29, 0.717) is 12.1 Å². The topological polar surface area (TPSA) is 45.5 Å². The van der Waals surface area contributed by atoms with Crippen LogP contribution in [0.4, 0.5) is 0 Å². The first-order valence-corrected chi connectivity index (χ1v) is 8.91. The molecule has 132 valence electrons. The molecule has 0 saturated carbocycles. The molecule has 2 aromatic carbocycles. The van der Waals surface area contributed by atoms with E-state index in [9.17, 15) is 5.21 Å². The molecule has 0 aliphatic heterocycles. The van der Waals surface area contributed by atoms with Crippen LogP contribution in [0.5, 0.6) is 0 Å². The molecule has 4 heteroatoms. The van der Waals surface area contributed by atoms with Crippen LogP contribution < -0.4 is 0 Å². The van der Waals surface area contributed by atoms with Gasteiger partial charge in [0, 0.05) is 34.8 Å². The number of oxime groups is 1. The Balaban J connectivity index is 2.03. The minimum atomic E-state index is 0.0628. The van der Waals surface area contributed by atoms with Crippen molar-refractivity contribution in [1.29, 1.82) is 0 Å². The summed E-state index contributed by atoms with van der Waals surface area (Å²) in [5.41, 5.74) is 5.88. The van der Waals surface area contributed by atoms with E-state index < -0.39 is 0 Å². The van der Waals surface area contributed by atoms with Gasteiger partial charge in [0.25, 0.3) is 0 Å². The smallest absolute Gasteiger partial charge is 0.0878 e. The highest BCUT2D eigenvalue weighted by Crippen LogP contribution is 2.33. The molecule has 1 atom stereocenters. The van der Waals surface area contributed by atoms with Crippen molar-refractivity contribution in [2.45, 2.75) is 26.2 Å². The van der Waals surface area contributed by atoms with E-state index in [2.05, 4.69) is 35.3 Å². The van der Waals surface area contributed by atoms with Crippen molar-refractivity contribution in [2.75, 3.05) is 0 Å². The normalized spacial score (nSPS) is 12.8. The van der Waals surface area contributed by atoms with Crippen LogP contribution >= 0.6 is 11.6 Å². The van der Waals surface area contributed by atoms with E-state index >= 15 is 0 Å². The lowest BCUT2D eigenvalue weighted by atomic mass is 9.83. The standard InChI is InChI=1S/C22H21ClN2O/c1-15-12-19(23)8-9-20(15)21(17-6-4-3-5-7-17)14-22(25-26)18-10-11-24-16(2)13-18/h3-13,21,26H,14H2,1-2H3/b25-22+/t21-/m0/s1. The highest BCUT2D eigenvalue weighted by atomic mass is 35.5. The minimum absolute atomic E-state index is 0.0628. The molecule has 0 saturated heterocycles. The number of pyridine rings is 1. The highest BCUT2D eigenvalue weighted by molar-refractivity contribution is 6.30. The third-order valence-corrected chi connectivity index (χ3v) is 4.79. The fourth-order valence-corrected chi connectivity index (χ4v) is 3.48. The molecule has 0 spiro atoms. The van der Waals surface area contributed by atoms with Crippen molar-refractivity contribution >= 4 is 17.3 Å². The Morgan fingerprint density at radius 2 is 1.85 bits per heavy atom. The maximum atomic E-state index is 9.67. The van der Waals surface area contributed by atoms with Gasteiger partial charge in [-0.05, 0) is 54.8 Å². The van der Waals surface area contributed by atoms with Gasteiger partial charge in [0.15, 0.2) is 0 Å². The summed E-state index contributed by atoms with van der Waals surface area (Å²) < 4.78 is 0. The molecule has 0 amide bonds. The zero-order chi connectivity index (χ0) is 18.5. The number of rotatable bonds is 5. The molecule has 0 unspecified atom stereocenters. The Morgan fingerprint density at radius 1 is 1.08 bits per heavy atom. The summed E-state index contributed by atoms with van der Waals surface area (Å²) >= 11 is 6.14. The molecule has 1 N–H and O–H groups in total. The average Bonchev–Trinajstić information content (AvgIpc) is 2.64. The van der Waals surface area contributed by atoms with E-state index in [4.69, 9.17) is 11.6 Å². The Morgan fingerprint density at radius 3 is 2.50 bits per heavy atom. The molecule has 3 nitrogen and oxygen atoms in total. The Labute approximate surface area is 159 Å². The summed E-state index contributed by atoms with van der Waals surface area (Å²) in [6, 6.07) is 20.0. The Bertz CT molecular complexity index is 922. The molecule has 0 radical (unpaired) electrons. The summed E-state index contributed by atoms with van der Waals surface area (Å²) in [6.45, 7) is 3.99. The maximum absolute atomic E-state index is 9.67. The van der Waals surface area contributed by atoms with Crippen LogP contribution in [0, 0.1) is 13.8 Å². The summed E-state index contributed by atoms with van der Waals surface area (Å²) in [7, 11) is 0. The first-order valence-electron chi connectivity index (χ1n) is 8.53. The van der Waals surface area contributed by atoms with Crippen LogP contribution in [0.25, 0.3) is 0 Å². The second-order valence-corrected chi connectivity index (χ2v) is 6.84. The van der Waals surface area contributed by atoms with Crippen molar-refractivity contribution < 1.29 is 5.21 Å². The molecule has 0 aliphatic carbocycles. The van der Waals surface area contributed by atoms with Crippen molar-refractivity contribution in [3.8, 4) is 0 Å². The summed E-state index contributed by atoms with van der Waals surface area (Å²) in [6.07, 6.45) is 2.31. The second kappa shape index (κ2) is 8.15. The minimum Gasteiger partial charge on any atom is -0.411 e. The average molecular weight is 365 g/mol. The molecule has 1 heterocycles. The van der Waals surface area contributed by atoms with Crippen molar-refractivity contribution in [3.05, 3.63) is 99.8 Å². The molecule has 3 aromatic rings. The van der Waals surface area contributed by atoms with Crippen LogP contribution in [-0.2, 0) is 0 Å². The lowest BCUT2D eigenvalue weighted by molar-refractivity contribution is 0.317. The largest absolute Gasteiger partial charge is 0.411 e. The number of halogens is 1. The molecule has 0 fully saturated rings. The van der Waals surface area contributed by atoms with E-state index in [-0.39, 0.29) is 5.92 Å². The van der Waals surface area contributed by atoms with Gasteiger partial charge in [-0.1, -0.05) is 53.2 Å². The van der Waals surface area contributed by atoms with Crippen molar-refractivity contribution in [1.82, 2.24) is 4.98 Å². The monoisotopic (exact) mass is 364 g/mol. The predicted octanol–water partition coefficient (Wildman–Crippen LogP) is 5.75. The van der Waals surface area contributed by atoms with Gasteiger partial charge in [-0.25, -0.2) is 0 Å². The van der Waals surface area contributed by atoms with Gasteiger partial charge in [0.1, 0.15) is 0 Å². The van der Waals surface area contributed by atoms with E-state index in [1.807, 2.05) is 49.4 Å². The number of benzene rings is 2. The first-order chi connectivity index (χ1) is 12.6. The number of aryl methyl sites for hydroxylation is 2. The summed E-state index contributed by atoms with van der Waals surface area (Å²) in [5.74, 6) is 0.0628. The van der Waals surface area contributed by atoms with Crippen LogP contribution in [-0.4, -0.2) is 15.9 Å². The third kappa shape index (κ3) is 4.12. The molecule has 3 rings (SSSR count). The number of hydrogen-bond acceptors (Lipinski definition) is 3. The second-order valence-electron chi connectivity index (χ2n) is 6.40. The zero-order valence-corrected chi connectivity index (χ0v) is 15.6. The molecule has 1 aromatic heterocycles. The SMILES string of the molecule is Cc1cc(/C(C[C@@H](c2ccccc2)c2ccc(Cl)cc2C)=N/O)ccn1. The van der Waals surface area contributed by atoms with Crippen LogP contribution in [0.1, 0.15) is 40.3 Å². The third-order valence-electron chi connectivity index (χ3n) is 4.56. The van der Waals surface area contributed by atoms with Gasteiger partial charge in [0.05, 0.1) is 5.71 Å². The van der Waals surface area contributed by atoms with Crippen LogP contribution in [0.2, 0.25) is 5.02 Å². The van der Waals surface area contributed by atoms with Crippen molar-refractivity contribution in [3.63, 3.8) is 0 Å². The lowest BCUT2D eigenvalue weighted by Gasteiger charge is -2.21. The molecule has 0 aliphatic rings. The van der Waals surface area contributed by atoms with E-state index in [1.165, 1.54) is 11.1 Å². The lowest BCUT2D eigenvalue weighted by Crippen LogP contribution is -2.12. The molecule has 0 bridgehead atoms. The predicted molar refractivity (Wildman–Crippen MR) is 106 cm³/mol. The highest BCUT2D eigenvalue weighted by Gasteiger charge is 2.20. The number of hydrogen-bond donors (Lipinski definition) is 1. The van der Waals surface area contributed by atoms with Gasteiger partial charge < -0.3 is 5.21 Å². The van der Waals surface area contributed by atoms with Gasteiger partial charge in [0.2, 0.25) is 0 Å².